The Kier molecular flexibility index (Phi) is 6.30. The third-order valence-corrected chi connectivity index (χ3v) is 6.35. The molecule has 4 aromatic rings. The number of benzene rings is 2. The minimum Gasteiger partial charge on any atom is -0.264 e. The number of rotatable bonds is 6. The van der Waals surface area contributed by atoms with Gasteiger partial charge in [-0.15, -0.1) is 0 Å². The third kappa shape index (κ3) is 4.80. The Morgan fingerprint density at radius 2 is 1.73 bits per heavy atom. The molecule has 150 valence electrons. The summed E-state index contributed by atoms with van der Waals surface area (Å²) in [4.78, 5) is 14.3. The molecule has 2 aromatic carbocycles. The van der Waals surface area contributed by atoms with E-state index in [1.807, 2.05) is 36.4 Å². The first-order valence-electron chi connectivity index (χ1n) is 9.19. The quantitative estimate of drug-likeness (QED) is 0.301. The van der Waals surface area contributed by atoms with E-state index < -0.39 is 10.8 Å². The number of hydrogen-bond acceptors (Lipinski definition) is 5. The smallest absolute Gasteiger partial charge is 0.188 e. The molecule has 0 fully saturated rings. The topological polar surface area (TPSA) is 55.7 Å². The molecule has 0 saturated carbocycles. The summed E-state index contributed by atoms with van der Waals surface area (Å²) in [5.74, 6) is 0.409. The molecule has 0 N–H and O–H groups in total. The Morgan fingerprint density at radius 3 is 2.40 bits per heavy atom. The molecule has 0 aliphatic heterocycles. The summed E-state index contributed by atoms with van der Waals surface area (Å²) >= 11 is 1.52. The predicted molar refractivity (Wildman–Crippen MR) is 119 cm³/mol. The van der Waals surface area contributed by atoms with E-state index in [1.165, 1.54) is 23.9 Å². The molecule has 0 spiro atoms. The lowest BCUT2D eigenvalue weighted by Crippen LogP contribution is -1.96. The highest BCUT2D eigenvalue weighted by Crippen LogP contribution is 2.32. The lowest BCUT2D eigenvalue weighted by Gasteiger charge is -2.11. The Balaban J connectivity index is 1.63. The molecule has 0 radical (unpaired) electrons. The highest BCUT2D eigenvalue weighted by atomic mass is 32.2. The van der Waals surface area contributed by atoms with Crippen LogP contribution >= 0.6 is 11.8 Å². The van der Waals surface area contributed by atoms with Gasteiger partial charge < -0.3 is 0 Å². The zero-order valence-corrected chi connectivity index (χ0v) is 17.8. The minimum atomic E-state index is -0.985. The molecule has 30 heavy (non-hydrogen) atoms. The second-order valence-electron chi connectivity index (χ2n) is 6.55. The van der Waals surface area contributed by atoms with E-state index in [1.54, 1.807) is 37.0 Å². The first-order chi connectivity index (χ1) is 14.6. The average molecular weight is 436 g/mol. The van der Waals surface area contributed by atoms with Gasteiger partial charge in [0, 0.05) is 57.4 Å². The van der Waals surface area contributed by atoms with E-state index in [-0.39, 0.29) is 5.82 Å². The van der Waals surface area contributed by atoms with Crippen LogP contribution in [0.15, 0.2) is 89.3 Å². The Morgan fingerprint density at radius 1 is 0.967 bits per heavy atom. The van der Waals surface area contributed by atoms with Gasteiger partial charge in [0.15, 0.2) is 5.16 Å². The van der Waals surface area contributed by atoms with Crippen LogP contribution in [0.3, 0.4) is 0 Å². The average Bonchev–Trinajstić information content (AvgIpc) is 2.79. The predicted octanol–water partition coefficient (Wildman–Crippen LogP) is 5.37. The molecule has 1 atom stereocenters. The summed E-state index contributed by atoms with van der Waals surface area (Å²) in [5, 5.41) is 0.642. The van der Waals surface area contributed by atoms with E-state index in [0.717, 1.165) is 32.8 Å². The lowest BCUT2D eigenvalue weighted by atomic mass is 10.0. The second-order valence-corrected chi connectivity index (χ2v) is 8.87. The maximum absolute atomic E-state index is 13.4. The Bertz CT molecular complexity index is 1170. The van der Waals surface area contributed by atoms with Gasteiger partial charge in [0.2, 0.25) is 0 Å². The number of thioether (sulfide) groups is 1. The summed E-state index contributed by atoms with van der Waals surface area (Å²) in [6.07, 6.45) is 6.91. The first kappa shape index (κ1) is 20.4. The molecule has 2 aromatic heterocycles. The van der Waals surface area contributed by atoms with E-state index in [4.69, 9.17) is 4.98 Å². The molecule has 4 nitrogen and oxygen atoms in total. The van der Waals surface area contributed by atoms with Crippen molar-refractivity contribution < 1.29 is 8.60 Å². The number of nitrogens with zero attached hydrogens (tertiary/aromatic N) is 3. The zero-order chi connectivity index (χ0) is 20.9. The van der Waals surface area contributed by atoms with Gasteiger partial charge in [-0.3, -0.25) is 9.19 Å². The van der Waals surface area contributed by atoms with Crippen molar-refractivity contribution in [3.8, 4) is 22.4 Å². The number of aromatic nitrogens is 3. The second kappa shape index (κ2) is 9.28. The van der Waals surface area contributed by atoms with Crippen molar-refractivity contribution in [2.45, 2.75) is 15.8 Å². The van der Waals surface area contributed by atoms with Gasteiger partial charge in [-0.2, -0.15) is 0 Å². The molecule has 0 aliphatic rings. The van der Waals surface area contributed by atoms with Crippen LogP contribution in [-0.4, -0.2) is 25.4 Å². The van der Waals surface area contributed by atoms with Gasteiger partial charge in [0.05, 0.1) is 5.69 Å². The van der Waals surface area contributed by atoms with Crippen LogP contribution in [0.5, 0.6) is 0 Å². The van der Waals surface area contributed by atoms with E-state index in [2.05, 4.69) is 9.97 Å². The van der Waals surface area contributed by atoms with Crippen molar-refractivity contribution in [1.29, 1.82) is 0 Å². The molecule has 7 heteroatoms. The van der Waals surface area contributed by atoms with Gasteiger partial charge in [-0.25, -0.2) is 14.4 Å². The zero-order valence-electron chi connectivity index (χ0n) is 16.2. The largest absolute Gasteiger partial charge is 0.264 e. The fourth-order valence-electron chi connectivity index (χ4n) is 2.92. The number of hydrogen-bond donors (Lipinski definition) is 0. The summed E-state index contributed by atoms with van der Waals surface area (Å²) in [6.45, 7) is 0. The van der Waals surface area contributed by atoms with Crippen molar-refractivity contribution in [2.24, 2.45) is 0 Å². The maximum Gasteiger partial charge on any atom is 0.188 e. The van der Waals surface area contributed by atoms with Crippen LogP contribution in [0.25, 0.3) is 22.4 Å². The molecule has 2 heterocycles. The first-order valence-corrected chi connectivity index (χ1v) is 11.7. The van der Waals surface area contributed by atoms with E-state index in [9.17, 15) is 8.60 Å². The van der Waals surface area contributed by atoms with Crippen molar-refractivity contribution in [2.75, 3.05) is 6.26 Å². The van der Waals surface area contributed by atoms with Crippen LogP contribution in [0.1, 0.15) is 5.56 Å². The molecular weight excluding hydrogens is 417 g/mol. The number of pyridine rings is 1. The Hall–Kier alpha value is -2.90. The van der Waals surface area contributed by atoms with Crippen LogP contribution in [-0.2, 0) is 16.6 Å². The summed E-state index contributed by atoms with van der Waals surface area (Å²) in [6, 6.07) is 17.8. The van der Waals surface area contributed by atoms with Gasteiger partial charge in [0.25, 0.3) is 0 Å². The fourth-order valence-corrected chi connectivity index (χ4v) is 4.21. The summed E-state index contributed by atoms with van der Waals surface area (Å²) in [7, 11) is -0.985. The normalized spacial score (nSPS) is 11.9. The summed E-state index contributed by atoms with van der Waals surface area (Å²) in [5.41, 5.74) is 4.39. The highest BCUT2D eigenvalue weighted by molar-refractivity contribution is 7.98. The fraction of sp³-hybridized carbons (Fsp3) is 0.0870. The van der Waals surface area contributed by atoms with Gasteiger partial charge >= 0.3 is 0 Å². The minimum absolute atomic E-state index is 0.285. The van der Waals surface area contributed by atoms with E-state index >= 15 is 0 Å². The van der Waals surface area contributed by atoms with Gasteiger partial charge in [-0.05, 0) is 47.5 Å². The Labute approximate surface area is 181 Å². The standard InChI is InChI=1S/C23H18FN3OS2/c1-30(28)20-10-4-16(5-11-20)15-29-23-26-14-21(17-6-8-19(24)9-7-17)22(27-23)18-3-2-12-25-13-18/h2-14H,15H2,1H3. The highest BCUT2D eigenvalue weighted by Gasteiger charge is 2.13. The van der Waals surface area contributed by atoms with Crippen molar-refractivity contribution in [3.05, 3.63) is 90.6 Å². The van der Waals surface area contributed by atoms with Crippen molar-refractivity contribution in [1.82, 2.24) is 15.0 Å². The van der Waals surface area contributed by atoms with Crippen LogP contribution in [0.4, 0.5) is 4.39 Å². The molecular formula is C23H18FN3OS2. The van der Waals surface area contributed by atoms with E-state index in [0.29, 0.717) is 10.9 Å². The van der Waals surface area contributed by atoms with Crippen LogP contribution < -0.4 is 0 Å². The molecule has 4 rings (SSSR count). The molecule has 0 amide bonds. The maximum atomic E-state index is 13.4. The monoisotopic (exact) mass is 435 g/mol. The molecule has 0 aliphatic carbocycles. The number of halogens is 1. The van der Waals surface area contributed by atoms with Gasteiger partial charge in [0.1, 0.15) is 5.82 Å². The van der Waals surface area contributed by atoms with Crippen molar-refractivity contribution >= 4 is 22.6 Å². The molecule has 0 saturated heterocycles. The molecule has 0 bridgehead atoms. The third-order valence-electron chi connectivity index (χ3n) is 4.48. The van der Waals surface area contributed by atoms with Crippen molar-refractivity contribution in [3.63, 3.8) is 0 Å². The molecule has 1 unspecified atom stereocenters. The lowest BCUT2D eigenvalue weighted by molar-refractivity contribution is 0.628. The van der Waals surface area contributed by atoms with Gasteiger partial charge in [-0.1, -0.05) is 36.0 Å². The SMILES string of the molecule is CS(=O)c1ccc(CSc2ncc(-c3ccc(F)cc3)c(-c3cccnc3)n2)cc1. The summed E-state index contributed by atoms with van der Waals surface area (Å²) < 4.78 is 24.9. The van der Waals surface area contributed by atoms with Crippen LogP contribution in [0, 0.1) is 5.82 Å². The van der Waals surface area contributed by atoms with Crippen LogP contribution in [0.2, 0.25) is 0 Å².